The van der Waals surface area contributed by atoms with Gasteiger partial charge in [-0.2, -0.15) is 4.98 Å². The Morgan fingerprint density at radius 3 is 2.85 bits per heavy atom. The van der Waals surface area contributed by atoms with Gasteiger partial charge in [0.05, 0.1) is 17.7 Å². The topological polar surface area (TPSA) is 71.0 Å². The molecule has 3 aromatic rings. The second kappa shape index (κ2) is 4.85. The number of para-hydroxylation sites is 1. The lowest BCUT2D eigenvalue weighted by molar-refractivity contribution is 0.328. The van der Waals surface area contributed by atoms with Gasteiger partial charge in [0.1, 0.15) is 11.6 Å². The number of aromatic amines is 1. The van der Waals surface area contributed by atoms with Gasteiger partial charge < -0.3 is 14.8 Å². The zero-order chi connectivity index (χ0) is 14.1. The molecule has 2 N–H and O–H groups in total. The van der Waals surface area contributed by atoms with Gasteiger partial charge in [0.25, 0.3) is 0 Å². The monoisotopic (exact) mass is 269 g/mol. The number of nitrogens with zero attached hydrogens (tertiary/aromatic N) is 2. The number of pyridine rings is 1. The standard InChI is InChI=1S/C15H15N3O2/c1-3-20-12-8-7-11-15(17-12)18-14(16-11)10-6-4-5-9(2)13(10)19/h4-8,19H,3H2,1-2H3,(H,16,17,18). The van der Waals surface area contributed by atoms with E-state index in [0.717, 1.165) is 11.1 Å². The van der Waals surface area contributed by atoms with Crippen LogP contribution in [0.25, 0.3) is 22.6 Å². The van der Waals surface area contributed by atoms with Crippen molar-refractivity contribution in [3.8, 4) is 23.0 Å². The van der Waals surface area contributed by atoms with E-state index in [4.69, 9.17) is 4.74 Å². The maximum absolute atomic E-state index is 10.1. The zero-order valence-corrected chi connectivity index (χ0v) is 11.3. The highest BCUT2D eigenvalue weighted by atomic mass is 16.5. The predicted molar refractivity (Wildman–Crippen MR) is 76.9 cm³/mol. The summed E-state index contributed by atoms with van der Waals surface area (Å²) in [5.41, 5.74) is 2.86. The first kappa shape index (κ1) is 12.5. The molecular weight excluding hydrogens is 254 g/mol. The third-order valence-electron chi connectivity index (χ3n) is 3.11. The van der Waals surface area contributed by atoms with Crippen LogP contribution in [0.15, 0.2) is 30.3 Å². The molecule has 0 amide bonds. The SMILES string of the molecule is CCOc1ccc2[nH]c(-c3cccc(C)c3O)nc2n1. The van der Waals surface area contributed by atoms with Crippen LogP contribution in [0.5, 0.6) is 11.6 Å². The second-order valence-corrected chi connectivity index (χ2v) is 4.51. The number of benzene rings is 1. The Labute approximate surface area is 116 Å². The number of hydrogen-bond donors (Lipinski definition) is 2. The highest BCUT2D eigenvalue weighted by Gasteiger charge is 2.12. The van der Waals surface area contributed by atoms with Crippen molar-refractivity contribution in [3.05, 3.63) is 35.9 Å². The molecule has 5 heteroatoms. The normalized spacial score (nSPS) is 10.9. The summed E-state index contributed by atoms with van der Waals surface area (Å²) in [4.78, 5) is 11.9. The van der Waals surface area contributed by atoms with Crippen molar-refractivity contribution >= 4 is 11.2 Å². The van der Waals surface area contributed by atoms with Crippen LogP contribution in [-0.4, -0.2) is 26.7 Å². The summed E-state index contributed by atoms with van der Waals surface area (Å²) < 4.78 is 5.36. The molecule has 0 bridgehead atoms. The van der Waals surface area contributed by atoms with Crippen molar-refractivity contribution < 1.29 is 9.84 Å². The fraction of sp³-hybridized carbons (Fsp3) is 0.200. The second-order valence-electron chi connectivity index (χ2n) is 4.51. The van der Waals surface area contributed by atoms with Gasteiger partial charge in [-0.05, 0) is 31.5 Å². The first-order chi connectivity index (χ1) is 9.69. The summed E-state index contributed by atoms with van der Waals surface area (Å²) in [6.45, 7) is 4.33. The number of aromatic hydroxyl groups is 1. The predicted octanol–water partition coefficient (Wildman–Crippen LogP) is 3.04. The van der Waals surface area contributed by atoms with Crippen molar-refractivity contribution in [2.24, 2.45) is 0 Å². The van der Waals surface area contributed by atoms with E-state index in [0.29, 0.717) is 29.5 Å². The Balaban J connectivity index is 2.10. The van der Waals surface area contributed by atoms with E-state index < -0.39 is 0 Å². The fourth-order valence-corrected chi connectivity index (χ4v) is 2.08. The number of imidazole rings is 1. The number of aromatic nitrogens is 3. The third kappa shape index (κ3) is 2.07. The maximum atomic E-state index is 10.1. The number of rotatable bonds is 3. The van der Waals surface area contributed by atoms with Crippen LogP contribution in [-0.2, 0) is 0 Å². The molecular formula is C15H15N3O2. The molecule has 0 radical (unpaired) electrons. The Morgan fingerprint density at radius 2 is 2.05 bits per heavy atom. The van der Waals surface area contributed by atoms with Crippen molar-refractivity contribution in [2.45, 2.75) is 13.8 Å². The third-order valence-corrected chi connectivity index (χ3v) is 3.11. The first-order valence-electron chi connectivity index (χ1n) is 6.47. The fourth-order valence-electron chi connectivity index (χ4n) is 2.08. The highest BCUT2D eigenvalue weighted by Crippen LogP contribution is 2.31. The first-order valence-corrected chi connectivity index (χ1v) is 6.47. The number of hydrogen-bond acceptors (Lipinski definition) is 4. The summed E-state index contributed by atoms with van der Waals surface area (Å²) in [6.07, 6.45) is 0. The van der Waals surface area contributed by atoms with Crippen molar-refractivity contribution in [3.63, 3.8) is 0 Å². The van der Waals surface area contributed by atoms with E-state index in [1.165, 1.54) is 0 Å². The van der Waals surface area contributed by atoms with Crippen LogP contribution in [0.4, 0.5) is 0 Å². The number of H-pyrrole nitrogens is 1. The molecule has 5 nitrogen and oxygen atoms in total. The highest BCUT2D eigenvalue weighted by molar-refractivity contribution is 5.78. The Bertz CT molecular complexity index is 765. The van der Waals surface area contributed by atoms with Gasteiger partial charge >= 0.3 is 0 Å². The van der Waals surface area contributed by atoms with Crippen molar-refractivity contribution in [1.29, 1.82) is 0 Å². The number of ether oxygens (including phenoxy) is 1. The molecule has 20 heavy (non-hydrogen) atoms. The molecule has 102 valence electrons. The Hall–Kier alpha value is -2.56. The lowest BCUT2D eigenvalue weighted by atomic mass is 10.1. The quantitative estimate of drug-likeness (QED) is 0.766. The zero-order valence-electron chi connectivity index (χ0n) is 11.3. The summed E-state index contributed by atoms with van der Waals surface area (Å²) in [7, 11) is 0. The van der Waals surface area contributed by atoms with Gasteiger partial charge in [-0.1, -0.05) is 12.1 Å². The van der Waals surface area contributed by atoms with Gasteiger partial charge in [0, 0.05) is 6.07 Å². The molecule has 0 atom stereocenters. The molecule has 2 aromatic heterocycles. The van der Waals surface area contributed by atoms with E-state index in [2.05, 4.69) is 15.0 Å². The van der Waals surface area contributed by atoms with Gasteiger partial charge in [0.15, 0.2) is 5.65 Å². The molecule has 0 fully saturated rings. The largest absolute Gasteiger partial charge is 0.507 e. The minimum absolute atomic E-state index is 0.233. The van der Waals surface area contributed by atoms with E-state index in [9.17, 15) is 5.11 Å². The number of fused-ring (bicyclic) bond motifs is 1. The average Bonchev–Trinajstić information content (AvgIpc) is 2.85. The maximum Gasteiger partial charge on any atom is 0.215 e. The smallest absolute Gasteiger partial charge is 0.215 e. The number of phenols is 1. The van der Waals surface area contributed by atoms with Crippen LogP contribution >= 0.6 is 0 Å². The molecule has 0 aliphatic rings. The number of aryl methyl sites for hydroxylation is 1. The van der Waals surface area contributed by atoms with Crippen molar-refractivity contribution in [1.82, 2.24) is 15.0 Å². The van der Waals surface area contributed by atoms with Crippen LogP contribution < -0.4 is 4.74 Å². The summed E-state index contributed by atoms with van der Waals surface area (Å²) in [5, 5.41) is 10.1. The van der Waals surface area contributed by atoms with Crippen LogP contribution in [0.1, 0.15) is 12.5 Å². The van der Waals surface area contributed by atoms with Gasteiger partial charge in [0.2, 0.25) is 5.88 Å². The lowest BCUT2D eigenvalue weighted by Gasteiger charge is -2.03. The summed E-state index contributed by atoms with van der Waals surface area (Å²) in [6, 6.07) is 9.23. The number of phenolic OH excluding ortho intramolecular Hbond substituents is 1. The molecule has 3 rings (SSSR count). The van der Waals surface area contributed by atoms with E-state index in [-0.39, 0.29) is 5.75 Å². The summed E-state index contributed by atoms with van der Waals surface area (Å²) >= 11 is 0. The molecule has 2 heterocycles. The van der Waals surface area contributed by atoms with Gasteiger partial charge in [-0.15, -0.1) is 0 Å². The molecule has 0 unspecified atom stereocenters. The van der Waals surface area contributed by atoms with Crippen molar-refractivity contribution in [2.75, 3.05) is 6.61 Å². The van der Waals surface area contributed by atoms with Gasteiger partial charge in [-0.3, -0.25) is 0 Å². The molecule has 1 aromatic carbocycles. The van der Waals surface area contributed by atoms with E-state index >= 15 is 0 Å². The minimum Gasteiger partial charge on any atom is -0.507 e. The van der Waals surface area contributed by atoms with Crippen LogP contribution in [0.3, 0.4) is 0 Å². The van der Waals surface area contributed by atoms with E-state index in [1.807, 2.05) is 38.1 Å². The molecule has 0 aliphatic carbocycles. The summed E-state index contributed by atoms with van der Waals surface area (Å²) in [5.74, 6) is 1.38. The number of nitrogens with one attached hydrogen (secondary N) is 1. The van der Waals surface area contributed by atoms with E-state index in [1.54, 1.807) is 6.07 Å². The van der Waals surface area contributed by atoms with Gasteiger partial charge in [-0.25, -0.2) is 4.98 Å². The molecule has 0 saturated heterocycles. The average molecular weight is 269 g/mol. The minimum atomic E-state index is 0.233. The molecule has 0 spiro atoms. The van der Waals surface area contributed by atoms with Crippen LogP contribution in [0, 0.1) is 6.92 Å². The Kier molecular flexibility index (Phi) is 3.02. The molecule has 0 saturated carbocycles. The Morgan fingerprint density at radius 1 is 1.20 bits per heavy atom. The lowest BCUT2D eigenvalue weighted by Crippen LogP contribution is -1.93. The molecule has 0 aliphatic heterocycles. The van der Waals surface area contributed by atoms with Crippen LogP contribution in [0.2, 0.25) is 0 Å².